The Bertz CT molecular complexity index is 3100. The van der Waals surface area contributed by atoms with Crippen LogP contribution in [0.5, 0.6) is 0 Å². The molecule has 0 saturated carbocycles. The number of thiophene rings is 1. The fraction of sp³-hybridized carbons (Fsp3) is 0.164. The maximum atomic E-state index is 5.25. The Morgan fingerprint density at radius 1 is 0.623 bits per heavy atom. The van der Waals surface area contributed by atoms with E-state index in [1.807, 2.05) is 23.6 Å². The van der Waals surface area contributed by atoms with Crippen molar-refractivity contribution in [3.05, 3.63) is 181 Å². The molecule has 3 aromatic heterocycles. The van der Waals surface area contributed by atoms with Gasteiger partial charge in [0.25, 0.3) is 0 Å². The third kappa shape index (κ3) is 8.31. The fourth-order valence-electron chi connectivity index (χ4n) is 8.21. The van der Waals surface area contributed by atoms with Gasteiger partial charge in [-0.3, -0.25) is 4.98 Å². The van der Waals surface area contributed by atoms with E-state index in [9.17, 15) is 0 Å². The molecular formula is C55H49IrN3SSi-2. The monoisotopic (exact) mass is 1000 g/mol. The van der Waals surface area contributed by atoms with Gasteiger partial charge >= 0.3 is 0 Å². The first-order valence-corrected chi connectivity index (χ1v) is 25.3. The molecule has 61 heavy (non-hydrogen) atoms. The summed E-state index contributed by atoms with van der Waals surface area (Å²) in [6.45, 7) is 16.2. The first-order chi connectivity index (χ1) is 29.0. The number of benzene rings is 7. The molecule has 0 N–H and O–H groups in total. The maximum Gasteiger partial charge on any atom is 0.0795 e. The fourth-order valence-corrected chi connectivity index (χ4v) is 10.3. The van der Waals surface area contributed by atoms with Crippen LogP contribution in [0.2, 0.25) is 19.6 Å². The van der Waals surface area contributed by atoms with Gasteiger partial charge in [0.2, 0.25) is 0 Å². The van der Waals surface area contributed by atoms with E-state index in [-0.39, 0.29) is 20.1 Å². The van der Waals surface area contributed by atoms with Crippen LogP contribution < -0.4 is 5.19 Å². The quantitative estimate of drug-likeness (QED) is 0.118. The van der Waals surface area contributed by atoms with Crippen molar-refractivity contribution in [2.24, 2.45) is 0 Å². The number of rotatable bonds is 7. The molecule has 1 radical (unpaired) electrons. The third-order valence-corrected chi connectivity index (χ3v) is 14.6. The second-order valence-corrected chi connectivity index (χ2v) is 23.4. The summed E-state index contributed by atoms with van der Waals surface area (Å²) in [6, 6.07) is 60.9. The zero-order valence-electron chi connectivity index (χ0n) is 35.7. The van der Waals surface area contributed by atoms with Crippen LogP contribution in [0.15, 0.2) is 158 Å². The summed E-state index contributed by atoms with van der Waals surface area (Å²) in [5, 5.41) is 6.39. The summed E-state index contributed by atoms with van der Waals surface area (Å²) in [7, 11) is -1.28. The summed E-state index contributed by atoms with van der Waals surface area (Å²) >= 11 is 1.82. The molecule has 0 unspecified atom stereocenters. The van der Waals surface area contributed by atoms with Crippen molar-refractivity contribution in [2.75, 3.05) is 0 Å². The van der Waals surface area contributed by atoms with Gasteiger partial charge in [0.1, 0.15) is 0 Å². The van der Waals surface area contributed by atoms with Crippen LogP contribution in [0.4, 0.5) is 0 Å². The van der Waals surface area contributed by atoms with E-state index in [1.165, 1.54) is 64.1 Å². The smallest absolute Gasteiger partial charge is 0.0795 e. The predicted octanol–water partition coefficient (Wildman–Crippen LogP) is 15.0. The average molecular weight is 1000 g/mol. The topological polar surface area (TPSA) is 30.7 Å². The minimum atomic E-state index is -1.28. The first kappa shape index (κ1) is 42.2. The molecule has 10 rings (SSSR count). The van der Waals surface area contributed by atoms with E-state index in [4.69, 9.17) is 4.98 Å². The van der Waals surface area contributed by atoms with E-state index >= 15 is 0 Å². The zero-order chi connectivity index (χ0) is 41.5. The molecule has 0 aliphatic heterocycles. The Hall–Kier alpha value is -5.49. The van der Waals surface area contributed by atoms with Crippen LogP contribution in [-0.4, -0.2) is 22.6 Å². The first-order valence-electron chi connectivity index (χ1n) is 21.0. The molecule has 0 fully saturated rings. The van der Waals surface area contributed by atoms with Crippen LogP contribution >= 0.6 is 11.3 Å². The molecule has 3 heterocycles. The van der Waals surface area contributed by atoms with Crippen molar-refractivity contribution in [2.45, 2.75) is 59.2 Å². The number of hydrogen-bond donors (Lipinski definition) is 0. The van der Waals surface area contributed by atoms with E-state index in [0.717, 1.165) is 33.7 Å². The zero-order valence-corrected chi connectivity index (χ0v) is 40.0. The van der Waals surface area contributed by atoms with Crippen molar-refractivity contribution in [3.8, 4) is 39.5 Å². The number of nitrogens with zero attached hydrogens (tertiary/aromatic N) is 3. The molecule has 10 aromatic rings. The summed E-state index contributed by atoms with van der Waals surface area (Å²) < 4.78 is 4.96. The van der Waals surface area contributed by atoms with Crippen molar-refractivity contribution in [1.29, 1.82) is 0 Å². The molecule has 305 valence electrons. The van der Waals surface area contributed by atoms with Crippen LogP contribution in [-0.2, 0) is 20.1 Å². The molecule has 0 aliphatic carbocycles. The van der Waals surface area contributed by atoms with Crippen LogP contribution in [0.25, 0.3) is 81.4 Å². The summed E-state index contributed by atoms with van der Waals surface area (Å²) in [5.41, 5.74) is 11.6. The molecule has 0 spiro atoms. The van der Waals surface area contributed by atoms with Gasteiger partial charge in [-0.25, -0.2) is 0 Å². The van der Waals surface area contributed by atoms with Gasteiger partial charge in [-0.2, -0.15) is 11.3 Å². The molecule has 0 amide bonds. The van der Waals surface area contributed by atoms with E-state index in [0.29, 0.717) is 11.8 Å². The summed E-state index contributed by atoms with van der Waals surface area (Å²) in [5.74, 6) is 1.60. The number of pyridine rings is 1. The van der Waals surface area contributed by atoms with E-state index < -0.39 is 8.07 Å². The Morgan fingerprint density at radius 2 is 1.30 bits per heavy atom. The normalized spacial score (nSPS) is 11.7. The minimum Gasteiger partial charge on any atom is -0.333 e. The Kier molecular flexibility index (Phi) is 12.1. The van der Waals surface area contributed by atoms with Gasteiger partial charge in [-0.05, 0) is 85.4 Å². The van der Waals surface area contributed by atoms with E-state index in [1.54, 1.807) is 0 Å². The van der Waals surface area contributed by atoms with Gasteiger partial charge < -0.3 is 9.55 Å². The van der Waals surface area contributed by atoms with Crippen LogP contribution in [0, 0.1) is 12.1 Å². The third-order valence-electron chi connectivity index (χ3n) is 11.5. The second kappa shape index (κ2) is 17.5. The molecule has 0 saturated heterocycles. The molecule has 0 bridgehead atoms. The Balaban J connectivity index is 0.000000206. The van der Waals surface area contributed by atoms with E-state index in [2.05, 4.69) is 215 Å². The van der Waals surface area contributed by atoms with Crippen molar-refractivity contribution in [3.63, 3.8) is 0 Å². The average Bonchev–Trinajstić information content (AvgIpc) is 3.84. The standard InChI is InChI=1S/C37H31N2S.C18H18NSi.Ir/c1-23(2)29-21-27(25-12-6-5-7-13-25)22-30(24(3)4)36(29)39-33-16-10-9-15-32(33)38-37(39)26-18-19-35-31(20-26)28-14-8-11-17-34(28)40-35;1-20(2,3)15-11-12-18(19-13-15)17-10-6-8-14-7-4-5-9-16(14)17;/h5-17,19-24H,1-4H3;4-9,11-13H,1-3H3;/q2*-1;. The number of imidazole rings is 1. The van der Waals surface area contributed by atoms with Crippen LogP contribution in [0.3, 0.4) is 0 Å². The SMILES string of the molecule is CC(C)c1cc(-c2ccccc2)cc(C(C)C)c1-n1c(-c2[c-]cc3sc4ccccc4c3c2)nc2ccccc21.C[Si](C)(C)c1ccc(-c2[c-]ccc3ccccc23)nc1.[Ir]. The molecular weight excluding hydrogens is 955 g/mol. The largest absolute Gasteiger partial charge is 0.333 e. The molecule has 0 aliphatic rings. The number of aromatic nitrogens is 3. The van der Waals surface area contributed by atoms with Crippen molar-refractivity contribution < 1.29 is 20.1 Å². The molecule has 3 nitrogen and oxygen atoms in total. The van der Waals surface area contributed by atoms with Gasteiger partial charge in [0.05, 0.1) is 24.9 Å². The number of hydrogen-bond acceptors (Lipinski definition) is 3. The van der Waals surface area contributed by atoms with Crippen molar-refractivity contribution >= 4 is 66.6 Å². The molecule has 0 atom stereocenters. The second-order valence-electron chi connectivity index (χ2n) is 17.3. The van der Waals surface area contributed by atoms with Crippen molar-refractivity contribution in [1.82, 2.24) is 14.5 Å². The predicted molar refractivity (Wildman–Crippen MR) is 261 cm³/mol. The number of fused-ring (bicyclic) bond motifs is 5. The Morgan fingerprint density at radius 3 is 2.00 bits per heavy atom. The molecule has 7 aromatic carbocycles. The molecule has 6 heteroatoms. The summed E-state index contributed by atoms with van der Waals surface area (Å²) in [6.07, 6.45) is 2.04. The maximum absolute atomic E-state index is 5.25. The summed E-state index contributed by atoms with van der Waals surface area (Å²) in [4.78, 5) is 9.92. The van der Waals surface area contributed by atoms with Gasteiger partial charge in [0, 0.05) is 36.7 Å². The number of para-hydroxylation sites is 2. The minimum absolute atomic E-state index is 0. The van der Waals surface area contributed by atoms with Gasteiger partial charge in [-0.1, -0.05) is 155 Å². The Labute approximate surface area is 378 Å². The van der Waals surface area contributed by atoms with Crippen LogP contribution in [0.1, 0.15) is 50.7 Å². The van der Waals surface area contributed by atoms with Gasteiger partial charge in [0.15, 0.2) is 0 Å². The van der Waals surface area contributed by atoms with Gasteiger partial charge in [-0.15, -0.1) is 52.9 Å².